The minimum atomic E-state index is -4.38. The van der Waals surface area contributed by atoms with Crippen LogP contribution in [0.25, 0.3) is 10.2 Å². The van der Waals surface area contributed by atoms with Gasteiger partial charge < -0.3 is 5.32 Å². The van der Waals surface area contributed by atoms with Gasteiger partial charge in [0.2, 0.25) is 5.91 Å². The van der Waals surface area contributed by atoms with E-state index in [1.54, 1.807) is 11.4 Å². The third-order valence-electron chi connectivity index (χ3n) is 3.80. The van der Waals surface area contributed by atoms with Gasteiger partial charge in [0.25, 0.3) is 5.56 Å². The van der Waals surface area contributed by atoms with E-state index in [9.17, 15) is 22.8 Å². The largest absolute Gasteiger partial charge is 0.416 e. The molecule has 0 fully saturated rings. The van der Waals surface area contributed by atoms with Gasteiger partial charge in [0.15, 0.2) is 0 Å². The Morgan fingerprint density at radius 1 is 1.19 bits per heavy atom. The lowest BCUT2D eigenvalue weighted by molar-refractivity contribution is -0.137. The molecule has 26 heavy (non-hydrogen) atoms. The summed E-state index contributed by atoms with van der Waals surface area (Å²) in [7, 11) is 0. The number of rotatable bonds is 5. The number of hydrogen-bond acceptors (Lipinski definition) is 4. The van der Waals surface area contributed by atoms with E-state index in [1.807, 2.05) is 0 Å². The lowest BCUT2D eigenvalue weighted by Gasteiger charge is -2.09. The standard InChI is InChI=1S/C17H14F3N3O2S/c18-17(19,20)12-3-1-11(2-4-12)9-21-14(24)5-7-23-10-22-15-13(16(23)25)6-8-26-15/h1-4,6,8,10H,5,7,9H2,(H,21,24). The highest BCUT2D eigenvalue weighted by Gasteiger charge is 2.29. The van der Waals surface area contributed by atoms with Crippen molar-refractivity contribution in [3.8, 4) is 0 Å². The fraction of sp³-hybridized carbons (Fsp3) is 0.235. The molecule has 1 aromatic carbocycles. The molecule has 0 saturated heterocycles. The first-order valence-corrected chi connectivity index (χ1v) is 8.58. The Kier molecular flexibility index (Phi) is 5.08. The maximum absolute atomic E-state index is 12.5. The lowest BCUT2D eigenvalue weighted by Crippen LogP contribution is -2.27. The van der Waals surface area contributed by atoms with Crippen molar-refractivity contribution in [1.82, 2.24) is 14.9 Å². The predicted molar refractivity (Wildman–Crippen MR) is 91.8 cm³/mol. The summed E-state index contributed by atoms with van der Waals surface area (Å²) in [6, 6.07) is 6.28. The van der Waals surface area contributed by atoms with Crippen molar-refractivity contribution < 1.29 is 18.0 Å². The quantitative estimate of drug-likeness (QED) is 0.738. The number of thiophene rings is 1. The van der Waals surface area contributed by atoms with E-state index in [2.05, 4.69) is 10.3 Å². The van der Waals surface area contributed by atoms with Crippen LogP contribution in [0.5, 0.6) is 0 Å². The number of hydrogen-bond donors (Lipinski definition) is 1. The molecule has 0 aliphatic carbocycles. The summed E-state index contributed by atoms with van der Waals surface area (Å²) in [5, 5.41) is 4.92. The second-order valence-corrected chi connectivity index (χ2v) is 6.50. The molecule has 1 amide bonds. The van der Waals surface area contributed by atoms with Crippen molar-refractivity contribution in [1.29, 1.82) is 0 Å². The number of nitrogens with zero attached hydrogens (tertiary/aromatic N) is 2. The molecule has 5 nitrogen and oxygen atoms in total. The molecule has 3 aromatic rings. The highest BCUT2D eigenvalue weighted by molar-refractivity contribution is 7.16. The van der Waals surface area contributed by atoms with Gasteiger partial charge in [-0.3, -0.25) is 14.2 Å². The Morgan fingerprint density at radius 3 is 2.62 bits per heavy atom. The topological polar surface area (TPSA) is 64.0 Å². The minimum absolute atomic E-state index is 0.0673. The summed E-state index contributed by atoms with van der Waals surface area (Å²) < 4.78 is 38.9. The summed E-state index contributed by atoms with van der Waals surface area (Å²) in [6.07, 6.45) is -2.91. The molecular weight excluding hydrogens is 367 g/mol. The molecule has 0 aliphatic heterocycles. The van der Waals surface area contributed by atoms with Crippen LogP contribution in [0.15, 0.2) is 46.8 Å². The molecule has 2 aromatic heterocycles. The van der Waals surface area contributed by atoms with Gasteiger partial charge in [-0.25, -0.2) is 4.98 Å². The molecule has 136 valence electrons. The molecule has 0 aliphatic rings. The number of amides is 1. The molecule has 2 heterocycles. The van der Waals surface area contributed by atoms with Gasteiger partial charge in [0.1, 0.15) is 4.83 Å². The fourth-order valence-corrected chi connectivity index (χ4v) is 3.10. The number of aryl methyl sites for hydroxylation is 1. The van der Waals surface area contributed by atoms with Crippen LogP contribution in [0.4, 0.5) is 13.2 Å². The normalized spacial score (nSPS) is 11.7. The second-order valence-electron chi connectivity index (χ2n) is 5.60. The van der Waals surface area contributed by atoms with Crippen LogP contribution in [0.1, 0.15) is 17.5 Å². The first kappa shape index (κ1) is 18.1. The first-order valence-electron chi connectivity index (χ1n) is 7.70. The Morgan fingerprint density at radius 2 is 1.92 bits per heavy atom. The highest BCUT2D eigenvalue weighted by atomic mass is 32.1. The summed E-state index contributed by atoms with van der Waals surface area (Å²) in [5.74, 6) is -0.304. The number of benzene rings is 1. The second kappa shape index (κ2) is 7.28. The summed E-state index contributed by atoms with van der Waals surface area (Å²) in [6.45, 7) is 0.296. The molecule has 1 N–H and O–H groups in total. The molecule has 0 atom stereocenters. The molecular formula is C17H14F3N3O2S. The van der Waals surface area contributed by atoms with Crippen LogP contribution >= 0.6 is 11.3 Å². The van der Waals surface area contributed by atoms with E-state index >= 15 is 0 Å². The van der Waals surface area contributed by atoms with Gasteiger partial charge in [0.05, 0.1) is 17.3 Å². The zero-order valence-electron chi connectivity index (χ0n) is 13.4. The number of aromatic nitrogens is 2. The number of carbonyl (C=O) groups excluding carboxylic acids is 1. The number of nitrogens with one attached hydrogen (secondary N) is 1. The van der Waals surface area contributed by atoms with E-state index in [0.717, 1.165) is 12.1 Å². The van der Waals surface area contributed by atoms with E-state index in [4.69, 9.17) is 0 Å². The predicted octanol–water partition coefficient (Wildman–Crippen LogP) is 3.18. The van der Waals surface area contributed by atoms with E-state index in [-0.39, 0.29) is 31.0 Å². The van der Waals surface area contributed by atoms with Gasteiger partial charge in [-0.1, -0.05) is 12.1 Å². The Labute approximate surface area is 150 Å². The maximum Gasteiger partial charge on any atom is 0.416 e. The van der Waals surface area contributed by atoms with Gasteiger partial charge in [0, 0.05) is 19.5 Å². The molecule has 0 radical (unpaired) electrons. The lowest BCUT2D eigenvalue weighted by atomic mass is 10.1. The van der Waals surface area contributed by atoms with Crippen molar-refractivity contribution in [3.05, 3.63) is 63.5 Å². The minimum Gasteiger partial charge on any atom is -0.352 e. The number of alkyl halides is 3. The zero-order chi connectivity index (χ0) is 18.7. The summed E-state index contributed by atoms with van der Waals surface area (Å²) in [4.78, 5) is 28.9. The van der Waals surface area contributed by atoms with Crippen molar-refractivity contribution in [2.45, 2.75) is 25.7 Å². The van der Waals surface area contributed by atoms with Crippen molar-refractivity contribution >= 4 is 27.5 Å². The molecule has 9 heteroatoms. The van der Waals surface area contributed by atoms with Crippen molar-refractivity contribution in [3.63, 3.8) is 0 Å². The van der Waals surface area contributed by atoms with Crippen molar-refractivity contribution in [2.24, 2.45) is 0 Å². The van der Waals surface area contributed by atoms with Crippen LogP contribution in [0, 0.1) is 0 Å². The van der Waals surface area contributed by atoms with Crippen LogP contribution in [0.3, 0.4) is 0 Å². The van der Waals surface area contributed by atoms with Gasteiger partial charge >= 0.3 is 6.18 Å². The van der Waals surface area contributed by atoms with Crippen LogP contribution in [-0.4, -0.2) is 15.5 Å². The molecule has 0 spiro atoms. The van der Waals surface area contributed by atoms with Crippen LogP contribution in [-0.2, 0) is 24.1 Å². The molecule has 0 unspecified atom stereocenters. The van der Waals surface area contributed by atoms with Crippen LogP contribution in [0.2, 0.25) is 0 Å². The van der Waals surface area contributed by atoms with E-state index < -0.39 is 11.7 Å². The van der Waals surface area contributed by atoms with Gasteiger partial charge in [-0.15, -0.1) is 11.3 Å². The number of carbonyl (C=O) groups is 1. The first-order chi connectivity index (χ1) is 12.3. The average Bonchev–Trinajstić information content (AvgIpc) is 3.08. The van der Waals surface area contributed by atoms with Crippen LogP contribution < -0.4 is 10.9 Å². The Balaban J connectivity index is 1.54. The Bertz CT molecular complexity index is 977. The molecule has 0 bridgehead atoms. The summed E-state index contributed by atoms with van der Waals surface area (Å²) in [5.41, 5.74) is -0.375. The van der Waals surface area contributed by atoms with Crippen molar-refractivity contribution in [2.75, 3.05) is 0 Å². The smallest absolute Gasteiger partial charge is 0.352 e. The summed E-state index contributed by atoms with van der Waals surface area (Å²) >= 11 is 1.37. The maximum atomic E-state index is 12.5. The molecule has 0 saturated carbocycles. The Hall–Kier alpha value is -2.68. The van der Waals surface area contributed by atoms with E-state index in [0.29, 0.717) is 15.8 Å². The zero-order valence-corrected chi connectivity index (χ0v) is 14.2. The number of halogens is 3. The third-order valence-corrected chi connectivity index (χ3v) is 4.62. The third kappa shape index (κ3) is 4.10. The molecule has 3 rings (SSSR count). The highest BCUT2D eigenvalue weighted by Crippen LogP contribution is 2.29. The monoisotopic (exact) mass is 381 g/mol. The SMILES string of the molecule is O=C(CCn1cnc2sccc2c1=O)NCc1ccc(C(F)(F)F)cc1. The van der Waals surface area contributed by atoms with Gasteiger partial charge in [-0.05, 0) is 29.1 Å². The fourth-order valence-electron chi connectivity index (χ4n) is 2.38. The number of fused-ring (bicyclic) bond motifs is 1. The average molecular weight is 381 g/mol. The van der Waals surface area contributed by atoms with Gasteiger partial charge in [-0.2, -0.15) is 13.2 Å². The van der Waals surface area contributed by atoms with E-state index in [1.165, 1.54) is 34.4 Å².